The maximum absolute atomic E-state index is 12.7. The van der Waals surface area contributed by atoms with Crippen molar-refractivity contribution in [2.24, 2.45) is 0 Å². The van der Waals surface area contributed by atoms with Gasteiger partial charge in [-0.25, -0.2) is 0 Å². The standard InChI is InChI=1S/C16H24N2O2/c1-12-4-6-13(7-5-12)15(17(2)3)16(20)18-10-8-14(19)9-11-18/h4-7,14-15,19H,8-11H2,1-3H3/t15-/m0/s1. The van der Waals surface area contributed by atoms with Crippen molar-refractivity contribution in [1.29, 1.82) is 0 Å². The smallest absolute Gasteiger partial charge is 0.244 e. The second-order valence-corrected chi connectivity index (χ2v) is 5.83. The molecular formula is C16H24N2O2. The van der Waals surface area contributed by atoms with Gasteiger partial charge in [-0.15, -0.1) is 0 Å². The molecule has 1 saturated heterocycles. The van der Waals surface area contributed by atoms with Gasteiger partial charge in [0.2, 0.25) is 5.91 Å². The number of aliphatic hydroxyl groups is 1. The number of carbonyl (C=O) groups excluding carboxylic acids is 1. The first kappa shape index (κ1) is 15.0. The van der Waals surface area contributed by atoms with Crippen LogP contribution in [0.4, 0.5) is 0 Å². The highest BCUT2D eigenvalue weighted by atomic mass is 16.3. The van der Waals surface area contributed by atoms with E-state index in [2.05, 4.69) is 0 Å². The van der Waals surface area contributed by atoms with Gasteiger partial charge in [-0.2, -0.15) is 0 Å². The molecule has 110 valence electrons. The Bertz CT molecular complexity index is 448. The number of likely N-dealkylation sites (tertiary alicyclic amines) is 1. The summed E-state index contributed by atoms with van der Waals surface area (Å²) in [6, 6.07) is 7.89. The lowest BCUT2D eigenvalue weighted by Gasteiger charge is -2.34. The summed E-state index contributed by atoms with van der Waals surface area (Å²) < 4.78 is 0. The summed E-state index contributed by atoms with van der Waals surface area (Å²) in [6.45, 7) is 3.34. The molecule has 1 aromatic carbocycles. The fourth-order valence-corrected chi connectivity index (χ4v) is 2.67. The van der Waals surface area contributed by atoms with E-state index in [0.717, 1.165) is 5.56 Å². The van der Waals surface area contributed by atoms with Gasteiger partial charge in [0.1, 0.15) is 6.04 Å². The number of hydrogen-bond acceptors (Lipinski definition) is 3. The average Bonchev–Trinajstić information content (AvgIpc) is 2.41. The van der Waals surface area contributed by atoms with Crippen LogP contribution in [-0.4, -0.2) is 54.1 Å². The fraction of sp³-hybridized carbons (Fsp3) is 0.562. The van der Waals surface area contributed by atoms with E-state index < -0.39 is 0 Å². The first-order chi connectivity index (χ1) is 9.49. The van der Waals surface area contributed by atoms with Gasteiger partial charge in [-0.05, 0) is 39.4 Å². The number of likely N-dealkylation sites (N-methyl/N-ethyl adjacent to an activating group) is 1. The SMILES string of the molecule is Cc1ccc([C@@H](C(=O)N2CCC(O)CC2)N(C)C)cc1. The fourth-order valence-electron chi connectivity index (χ4n) is 2.67. The Morgan fingerprint density at radius 1 is 1.25 bits per heavy atom. The lowest BCUT2D eigenvalue weighted by molar-refractivity contribution is -0.138. The molecule has 1 N–H and O–H groups in total. The van der Waals surface area contributed by atoms with Crippen LogP contribution in [0.25, 0.3) is 0 Å². The molecule has 0 saturated carbocycles. The van der Waals surface area contributed by atoms with Crippen LogP contribution in [0.15, 0.2) is 24.3 Å². The minimum atomic E-state index is -0.253. The molecule has 0 spiro atoms. The molecule has 2 rings (SSSR count). The van der Waals surface area contributed by atoms with Gasteiger partial charge in [0.25, 0.3) is 0 Å². The van der Waals surface area contributed by atoms with Crippen LogP contribution in [0.5, 0.6) is 0 Å². The summed E-state index contributed by atoms with van der Waals surface area (Å²) in [6.07, 6.45) is 1.11. The van der Waals surface area contributed by atoms with Crippen molar-refractivity contribution in [3.8, 4) is 0 Å². The molecule has 4 heteroatoms. The van der Waals surface area contributed by atoms with Crippen molar-refractivity contribution in [2.45, 2.75) is 31.9 Å². The lowest BCUT2D eigenvalue weighted by Crippen LogP contribution is -2.45. The predicted octanol–water partition coefficient (Wildman–Crippen LogP) is 1.58. The van der Waals surface area contributed by atoms with Crippen LogP contribution in [0.2, 0.25) is 0 Å². The third-order valence-electron chi connectivity index (χ3n) is 3.92. The highest BCUT2D eigenvalue weighted by molar-refractivity contribution is 5.83. The first-order valence-corrected chi connectivity index (χ1v) is 7.19. The van der Waals surface area contributed by atoms with Gasteiger partial charge >= 0.3 is 0 Å². The highest BCUT2D eigenvalue weighted by Crippen LogP contribution is 2.23. The third kappa shape index (κ3) is 3.38. The van der Waals surface area contributed by atoms with E-state index in [1.165, 1.54) is 5.56 Å². The first-order valence-electron chi connectivity index (χ1n) is 7.19. The van der Waals surface area contributed by atoms with Gasteiger partial charge in [0.05, 0.1) is 6.10 Å². The van der Waals surface area contributed by atoms with Crippen molar-refractivity contribution < 1.29 is 9.90 Å². The van der Waals surface area contributed by atoms with E-state index in [4.69, 9.17) is 0 Å². The number of amides is 1. The Morgan fingerprint density at radius 2 is 1.80 bits per heavy atom. The molecule has 1 atom stereocenters. The molecule has 1 heterocycles. The van der Waals surface area contributed by atoms with Gasteiger partial charge in [0, 0.05) is 13.1 Å². The number of rotatable bonds is 3. The molecule has 4 nitrogen and oxygen atoms in total. The molecule has 1 aliphatic rings. The lowest BCUT2D eigenvalue weighted by atomic mass is 10.0. The number of nitrogens with zero attached hydrogens (tertiary/aromatic N) is 2. The maximum Gasteiger partial charge on any atom is 0.244 e. The second kappa shape index (κ2) is 6.37. The predicted molar refractivity (Wildman–Crippen MR) is 79.4 cm³/mol. The minimum Gasteiger partial charge on any atom is -0.393 e. The summed E-state index contributed by atoms with van der Waals surface area (Å²) in [7, 11) is 3.86. The Morgan fingerprint density at radius 3 is 2.30 bits per heavy atom. The van der Waals surface area contributed by atoms with E-state index in [1.54, 1.807) is 0 Å². The van der Waals surface area contributed by atoms with Crippen LogP contribution in [0.3, 0.4) is 0 Å². The number of hydrogen-bond donors (Lipinski definition) is 1. The Kier molecular flexibility index (Phi) is 4.78. The summed E-state index contributed by atoms with van der Waals surface area (Å²) in [4.78, 5) is 16.6. The molecule has 1 fully saturated rings. The van der Waals surface area contributed by atoms with Crippen LogP contribution in [-0.2, 0) is 4.79 Å². The summed E-state index contributed by atoms with van der Waals surface area (Å²) in [5, 5.41) is 9.56. The summed E-state index contributed by atoms with van der Waals surface area (Å²) >= 11 is 0. The number of aryl methyl sites for hydroxylation is 1. The Balaban J connectivity index is 2.16. The number of piperidine rings is 1. The Labute approximate surface area is 121 Å². The van der Waals surface area contributed by atoms with Crippen LogP contribution < -0.4 is 0 Å². The summed E-state index contributed by atoms with van der Waals surface area (Å²) in [5.41, 5.74) is 2.22. The van der Waals surface area contributed by atoms with E-state index in [9.17, 15) is 9.90 Å². The molecule has 0 bridgehead atoms. The van der Waals surface area contributed by atoms with Crippen molar-refractivity contribution in [3.05, 3.63) is 35.4 Å². The van der Waals surface area contributed by atoms with Crippen molar-refractivity contribution in [1.82, 2.24) is 9.80 Å². The highest BCUT2D eigenvalue weighted by Gasteiger charge is 2.30. The van der Waals surface area contributed by atoms with Crippen LogP contribution in [0, 0.1) is 6.92 Å². The van der Waals surface area contributed by atoms with Crippen molar-refractivity contribution in [3.63, 3.8) is 0 Å². The number of aliphatic hydroxyl groups excluding tert-OH is 1. The minimum absolute atomic E-state index is 0.130. The third-order valence-corrected chi connectivity index (χ3v) is 3.92. The topological polar surface area (TPSA) is 43.8 Å². The average molecular weight is 276 g/mol. The van der Waals surface area contributed by atoms with E-state index in [0.29, 0.717) is 25.9 Å². The van der Waals surface area contributed by atoms with Crippen molar-refractivity contribution in [2.75, 3.05) is 27.2 Å². The monoisotopic (exact) mass is 276 g/mol. The zero-order valence-electron chi connectivity index (χ0n) is 12.5. The van der Waals surface area contributed by atoms with Gasteiger partial charge < -0.3 is 10.0 Å². The van der Waals surface area contributed by atoms with Crippen LogP contribution >= 0.6 is 0 Å². The van der Waals surface area contributed by atoms with Crippen molar-refractivity contribution >= 4 is 5.91 Å². The van der Waals surface area contributed by atoms with E-state index in [1.807, 2.05) is 55.1 Å². The van der Waals surface area contributed by atoms with Gasteiger partial charge in [-0.3, -0.25) is 9.69 Å². The molecule has 20 heavy (non-hydrogen) atoms. The molecule has 0 unspecified atom stereocenters. The maximum atomic E-state index is 12.7. The van der Waals surface area contributed by atoms with Gasteiger partial charge in [-0.1, -0.05) is 29.8 Å². The molecular weight excluding hydrogens is 252 g/mol. The quantitative estimate of drug-likeness (QED) is 0.911. The summed E-state index contributed by atoms with van der Waals surface area (Å²) in [5.74, 6) is 0.130. The number of carbonyl (C=O) groups is 1. The molecule has 1 aromatic rings. The van der Waals surface area contributed by atoms with Gasteiger partial charge in [0.15, 0.2) is 0 Å². The second-order valence-electron chi connectivity index (χ2n) is 5.83. The van der Waals surface area contributed by atoms with E-state index in [-0.39, 0.29) is 18.1 Å². The molecule has 1 aliphatic heterocycles. The molecule has 0 aromatic heterocycles. The molecule has 0 radical (unpaired) electrons. The molecule has 1 amide bonds. The molecule has 0 aliphatic carbocycles. The normalized spacial score (nSPS) is 18.4. The zero-order chi connectivity index (χ0) is 14.7. The van der Waals surface area contributed by atoms with E-state index >= 15 is 0 Å². The largest absolute Gasteiger partial charge is 0.393 e. The Hall–Kier alpha value is -1.39. The zero-order valence-corrected chi connectivity index (χ0v) is 12.5. The number of benzene rings is 1. The van der Waals surface area contributed by atoms with Crippen LogP contribution in [0.1, 0.15) is 30.0 Å².